The number of anilines is 1. The predicted octanol–water partition coefficient (Wildman–Crippen LogP) is 2.94. The van der Waals surface area contributed by atoms with Crippen LogP contribution in [0.5, 0.6) is 0 Å². The Labute approximate surface area is 125 Å². The number of benzene rings is 1. The van der Waals surface area contributed by atoms with Crippen molar-refractivity contribution in [2.24, 2.45) is 0 Å². The van der Waals surface area contributed by atoms with Gasteiger partial charge in [-0.1, -0.05) is 24.6 Å². The highest BCUT2D eigenvalue weighted by molar-refractivity contribution is 6.33. The molecule has 3 nitrogen and oxygen atoms in total. The molecule has 2 aliphatic rings. The van der Waals surface area contributed by atoms with E-state index in [0.717, 1.165) is 36.6 Å². The monoisotopic (exact) mass is 294 g/mol. The van der Waals surface area contributed by atoms with Crippen LogP contribution in [-0.2, 0) is 6.54 Å². The second kappa shape index (κ2) is 5.92. The highest BCUT2D eigenvalue weighted by atomic mass is 35.5. The fourth-order valence-electron chi connectivity index (χ4n) is 3.68. The third-order valence-electron chi connectivity index (χ3n) is 4.58. The van der Waals surface area contributed by atoms with Crippen molar-refractivity contribution in [1.29, 1.82) is 0 Å². The van der Waals surface area contributed by atoms with E-state index in [1.807, 2.05) is 0 Å². The van der Waals surface area contributed by atoms with E-state index in [2.05, 4.69) is 35.3 Å². The first-order chi connectivity index (χ1) is 9.69. The van der Waals surface area contributed by atoms with Crippen LogP contribution in [0.3, 0.4) is 0 Å². The Morgan fingerprint density at radius 3 is 2.60 bits per heavy atom. The molecule has 2 unspecified atom stereocenters. The van der Waals surface area contributed by atoms with Gasteiger partial charge in [-0.05, 0) is 49.9 Å². The number of piperidine rings is 1. The molecular weight excluding hydrogens is 272 g/mol. The molecule has 0 spiro atoms. The van der Waals surface area contributed by atoms with Crippen molar-refractivity contribution in [2.75, 3.05) is 11.4 Å². The predicted molar refractivity (Wildman–Crippen MR) is 83.4 cm³/mol. The normalized spacial score (nSPS) is 28.9. The quantitative estimate of drug-likeness (QED) is 0.896. The zero-order chi connectivity index (χ0) is 14.1. The van der Waals surface area contributed by atoms with Crippen molar-refractivity contribution in [3.8, 4) is 0 Å². The summed E-state index contributed by atoms with van der Waals surface area (Å²) in [5.74, 6) is 0. The molecule has 0 aromatic heterocycles. The molecule has 110 valence electrons. The van der Waals surface area contributed by atoms with Gasteiger partial charge in [-0.15, -0.1) is 0 Å². The van der Waals surface area contributed by atoms with Gasteiger partial charge in [0.2, 0.25) is 0 Å². The summed E-state index contributed by atoms with van der Waals surface area (Å²) in [4.78, 5) is 2.45. The maximum atomic E-state index is 9.90. The van der Waals surface area contributed by atoms with E-state index in [4.69, 9.17) is 11.6 Å². The fraction of sp³-hybridized carbons (Fsp3) is 0.625. The van der Waals surface area contributed by atoms with Gasteiger partial charge in [-0.25, -0.2) is 0 Å². The molecule has 0 aliphatic carbocycles. The molecule has 4 heteroatoms. The van der Waals surface area contributed by atoms with E-state index in [9.17, 15) is 5.11 Å². The topological polar surface area (TPSA) is 35.5 Å². The number of rotatable bonds is 4. The number of hydrogen-bond donors (Lipinski definition) is 2. The standard InChI is InChI=1S/C16H23ClN2O/c1-2-18-10-11-3-6-16(15(17)7-11)19-12-4-5-13(19)9-14(20)8-12/h3,6-7,12-14,18,20H,2,4-5,8-10H2,1H3. The van der Waals surface area contributed by atoms with Crippen molar-refractivity contribution < 1.29 is 5.11 Å². The van der Waals surface area contributed by atoms with Gasteiger partial charge in [0.1, 0.15) is 0 Å². The fourth-order valence-corrected chi connectivity index (χ4v) is 3.98. The number of nitrogens with one attached hydrogen (secondary N) is 1. The number of aliphatic hydroxyl groups excluding tert-OH is 1. The Bertz CT molecular complexity index is 466. The van der Waals surface area contributed by atoms with Gasteiger partial charge in [0, 0.05) is 18.6 Å². The van der Waals surface area contributed by atoms with Crippen molar-refractivity contribution in [1.82, 2.24) is 5.32 Å². The smallest absolute Gasteiger partial charge is 0.0642 e. The van der Waals surface area contributed by atoms with Crippen LogP contribution in [0.4, 0.5) is 5.69 Å². The zero-order valence-electron chi connectivity index (χ0n) is 12.0. The molecule has 1 aromatic rings. The van der Waals surface area contributed by atoms with Crippen LogP contribution in [0.1, 0.15) is 38.2 Å². The van der Waals surface area contributed by atoms with Crippen molar-refractivity contribution in [3.63, 3.8) is 0 Å². The molecule has 2 aliphatic heterocycles. The van der Waals surface area contributed by atoms with Crippen LogP contribution in [0.2, 0.25) is 5.02 Å². The summed E-state index contributed by atoms with van der Waals surface area (Å²) in [7, 11) is 0. The van der Waals surface area contributed by atoms with Crippen LogP contribution >= 0.6 is 11.6 Å². The second-order valence-electron chi connectivity index (χ2n) is 5.98. The van der Waals surface area contributed by atoms with Gasteiger partial charge in [-0.3, -0.25) is 0 Å². The molecule has 20 heavy (non-hydrogen) atoms. The minimum absolute atomic E-state index is 0.129. The SMILES string of the molecule is CCNCc1ccc(N2C3CCC2CC(O)C3)c(Cl)c1. The number of fused-ring (bicyclic) bond motifs is 2. The van der Waals surface area contributed by atoms with E-state index in [-0.39, 0.29) is 6.10 Å². The summed E-state index contributed by atoms with van der Waals surface area (Å²) in [6.07, 6.45) is 3.99. The largest absolute Gasteiger partial charge is 0.393 e. The van der Waals surface area contributed by atoms with Crippen molar-refractivity contribution in [3.05, 3.63) is 28.8 Å². The number of halogens is 1. The van der Waals surface area contributed by atoms with Crippen LogP contribution < -0.4 is 10.2 Å². The van der Waals surface area contributed by atoms with Gasteiger partial charge >= 0.3 is 0 Å². The molecule has 0 saturated carbocycles. The van der Waals surface area contributed by atoms with Crippen molar-refractivity contribution >= 4 is 17.3 Å². The first-order valence-electron chi connectivity index (χ1n) is 7.64. The molecule has 0 amide bonds. The lowest BCUT2D eigenvalue weighted by Crippen LogP contribution is -2.44. The summed E-state index contributed by atoms with van der Waals surface area (Å²) >= 11 is 6.50. The first-order valence-corrected chi connectivity index (χ1v) is 8.02. The third kappa shape index (κ3) is 2.67. The van der Waals surface area contributed by atoms with Gasteiger partial charge in [0.05, 0.1) is 16.8 Å². The summed E-state index contributed by atoms with van der Waals surface area (Å²) in [5, 5.41) is 14.1. The molecule has 2 N–H and O–H groups in total. The molecule has 2 heterocycles. The second-order valence-corrected chi connectivity index (χ2v) is 6.39. The highest BCUT2D eigenvalue weighted by Gasteiger charge is 2.40. The Morgan fingerprint density at radius 1 is 1.30 bits per heavy atom. The molecule has 0 radical (unpaired) electrons. The lowest BCUT2D eigenvalue weighted by molar-refractivity contribution is 0.126. The number of nitrogens with zero attached hydrogens (tertiary/aromatic N) is 1. The Hall–Kier alpha value is -0.770. The van der Waals surface area contributed by atoms with Gasteiger partial charge in [-0.2, -0.15) is 0 Å². The number of aliphatic hydroxyl groups is 1. The van der Waals surface area contributed by atoms with Gasteiger partial charge in [0.15, 0.2) is 0 Å². The van der Waals surface area contributed by atoms with Gasteiger partial charge in [0.25, 0.3) is 0 Å². The molecule has 3 rings (SSSR count). The Kier molecular flexibility index (Phi) is 4.20. The first kappa shape index (κ1) is 14.2. The van der Waals surface area contributed by atoms with Crippen LogP contribution in [0.15, 0.2) is 18.2 Å². The van der Waals surface area contributed by atoms with Crippen LogP contribution in [0, 0.1) is 0 Å². The average molecular weight is 295 g/mol. The van der Waals surface area contributed by atoms with Crippen LogP contribution in [0.25, 0.3) is 0 Å². The molecule has 2 atom stereocenters. The van der Waals surface area contributed by atoms with Gasteiger partial charge < -0.3 is 15.3 Å². The lowest BCUT2D eigenvalue weighted by atomic mass is 9.99. The minimum atomic E-state index is -0.129. The van der Waals surface area contributed by atoms with Crippen molar-refractivity contribution in [2.45, 2.75) is 57.3 Å². The molecule has 2 saturated heterocycles. The summed E-state index contributed by atoms with van der Waals surface area (Å²) < 4.78 is 0. The van der Waals surface area contributed by atoms with E-state index in [1.54, 1.807) is 0 Å². The Morgan fingerprint density at radius 2 is 2.00 bits per heavy atom. The minimum Gasteiger partial charge on any atom is -0.393 e. The van der Waals surface area contributed by atoms with E-state index in [1.165, 1.54) is 18.4 Å². The molecule has 1 aromatic carbocycles. The maximum absolute atomic E-state index is 9.90. The number of hydrogen-bond acceptors (Lipinski definition) is 3. The summed E-state index contributed by atoms with van der Waals surface area (Å²) in [6.45, 7) is 3.93. The highest BCUT2D eigenvalue weighted by Crippen LogP contribution is 2.42. The van der Waals surface area contributed by atoms with E-state index < -0.39 is 0 Å². The lowest BCUT2D eigenvalue weighted by Gasteiger charge is -2.39. The molecule has 2 fully saturated rings. The van der Waals surface area contributed by atoms with E-state index >= 15 is 0 Å². The third-order valence-corrected chi connectivity index (χ3v) is 4.88. The maximum Gasteiger partial charge on any atom is 0.0642 e. The zero-order valence-corrected chi connectivity index (χ0v) is 12.7. The molecular formula is C16H23ClN2O. The summed E-state index contributed by atoms with van der Waals surface area (Å²) in [6, 6.07) is 7.30. The van der Waals surface area contributed by atoms with E-state index in [0.29, 0.717) is 12.1 Å². The Balaban J connectivity index is 1.80. The summed E-state index contributed by atoms with van der Waals surface area (Å²) in [5.41, 5.74) is 2.37. The molecule has 2 bridgehead atoms. The average Bonchev–Trinajstić information content (AvgIpc) is 2.68. The van der Waals surface area contributed by atoms with Crippen LogP contribution in [-0.4, -0.2) is 29.8 Å².